The fourth-order valence-corrected chi connectivity index (χ4v) is 1.90. The normalized spacial score (nSPS) is 14.6. The van der Waals surface area contributed by atoms with Gasteiger partial charge in [-0.1, -0.05) is 42.8 Å². The molecule has 0 aromatic heterocycles. The van der Waals surface area contributed by atoms with E-state index in [2.05, 4.69) is 50.0 Å². The zero-order valence-corrected chi connectivity index (χ0v) is 10.0. The molecule has 1 aromatic carbocycles. The predicted octanol–water partition coefficient (Wildman–Crippen LogP) is 2.95. The van der Waals surface area contributed by atoms with Crippen LogP contribution in [0, 0.1) is 12.3 Å². The van der Waals surface area contributed by atoms with Crippen LogP contribution >= 0.6 is 0 Å². The maximum Gasteiger partial charge on any atom is 0.00400 e. The Labute approximate surface area is 93.2 Å². The molecule has 0 fully saturated rings. The Morgan fingerprint density at radius 3 is 2.73 bits per heavy atom. The monoisotopic (exact) mass is 203 g/mol. The molecule has 82 valence electrons. The summed E-state index contributed by atoms with van der Waals surface area (Å²) in [6.45, 7) is 9.26. The molecule has 0 bridgehead atoms. The van der Waals surface area contributed by atoms with Gasteiger partial charge in [0.25, 0.3) is 0 Å². The number of hydrogen-bond donors (Lipinski definition) is 1. The van der Waals surface area contributed by atoms with Crippen molar-refractivity contribution in [3.63, 3.8) is 0 Å². The third-order valence-corrected chi connectivity index (χ3v) is 2.76. The summed E-state index contributed by atoms with van der Waals surface area (Å²) in [6, 6.07) is 8.68. The van der Waals surface area contributed by atoms with E-state index in [9.17, 15) is 0 Å². The van der Waals surface area contributed by atoms with Gasteiger partial charge >= 0.3 is 0 Å². The van der Waals surface area contributed by atoms with E-state index in [1.165, 1.54) is 11.1 Å². The zero-order chi connectivity index (χ0) is 11.3. The van der Waals surface area contributed by atoms with Crippen molar-refractivity contribution in [3.8, 4) is 0 Å². The third kappa shape index (κ3) is 3.52. The van der Waals surface area contributed by atoms with Crippen LogP contribution in [0.2, 0.25) is 0 Å². The maximum atomic E-state index is 3.93. The van der Waals surface area contributed by atoms with E-state index in [4.69, 9.17) is 0 Å². The molecular formula is C14H21N. The van der Waals surface area contributed by atoms with Gasteiger partial charge in [-0.3, -0.25) is 0 Å². The number of hydrogen-bond acceptors (Lipinski definition) is 1. The van der Waals surface area contributed by atoms with Crippen molar-refractivity contribution in [3.05, 3.63) is 48.0 Å². The largest absolute Gasteiger partial charge is 0.319 e. The summed E-state index contributed by atoms with van der Waals surface area (Å²) in [5.41, 5.74) is 2.85. The molecule has 0 heterocycles. The van der Waals surface area contributed by atoms with Gasteiger partial charge in [0, 0.05) is 12.0 Å². The summed E-state index contributed by atoms with van der Waals surface area (Å²) >= 11 is 0. The highest BCUT2D eigenvalue weighted by Crippen LogP contribution is 2.23. The SMILES string of the molecule is C=CC(C)(CNC)Cc1cccc(C)c1. The van der Waals surface area contributed by atoms with Crippen molar-refractivity contribution in [1.82, 2.24) is 5.32 Å². The lowest BCUT2D eigenvalue weighted by molar-refractivity contribution is 0.406. The highest BCUT2D eigenvalue weighted by Gasteiger charge is 2.19. The van der Waals surface area contributed by atoms with Gasteiger partial charge in [-0.2, -0.15) is 0 Å². The van der Waals surface area contributed by atoms with Crippen LogP contribution < -0.4 is 5.32 Å². The number of nitrogens with one attached hydrogen (secondary N) is 1. The molecule has 0 spiro atoms. The molecule has 1 rings (SSSR count). The van der Waals surface area contributed by atoms with Gasteiger partial charge in [-0.15, -0.1) is 6.58 Å². The Morgan fingerprint density at radius 2 is 2.20 bits per heavy atom. The Morgan fingerprint density at radius 1 is 1.47 bits per heavy atom. The van der Waals surface area contributed by atoms with Gasteiger partial charge < -0.3 is 5.32 Å². The minimum atomic E-state index is 0.141. The lowest BCUT2D eigenvalue weighted by Gasteiger charge is -2.25. The molecule has 1 aromatic rings. The van der Waals surface area contributed by atoms with E-state index < -0.39 is 0 Å². The van der Waals surface area contributed by atoms with Crippen LogP contribution in [0.15, 0.2) is 36.9 Å². The zero-order valence-electron chi connectivity index (χ0n) is 10.0. The van der Waals surface area contributed by atoms with Crippen LogP contribution in [0.1, 0.15) is 18.1 Å². The van der Waals surface area contributed by atoms with E-state index in [0.717, 1.165) is 13.0 Å². The molecule has 0 aliphatic rings. The van der Waals surface area contributed by atoms with Crippen LogP contribution in [-0.2, 0) is 6.42 Å². The molecular weight excluding hydrogens is 182 g/mol. The average Bonchev–Trinajstić information content (AvgIpc) is 2.18. The van der Waals surface area contributed by atoms with Gasteiger partial charge in [0.15, 0.2) is 0 Å². The summed E-state index contributed by atoms with van der Waals surface area (Å²) in [4.78, 5) is 0. The van der Waals surface area contributed by atoms with E-state index in [1.54, 1.807) is 0 Å². The average molecular weight is 203 g/mol. The molecule has 0 aliphatic carbocycles. The molecule has 0 aliphatic heterocycles. The quantitative estimate of drug-likeness (QED) is 0.725. The fraction of sp³-hybridized carbons (Fsp3) is 0.429. The van der Waals surface area contributed by atoms with Gasteiger partial charge in [-0.05, 0) is 26.0 Å². The van der Waals surface area contributed by atoms with Gasteiger partial charge in [0.05, 0.1) is 0 Å². The Kier molecular flexibility index (Phi) is 4.10. The highest BCUT2D eigenvalue weighted by molar-refractivity contribution is 5.24. The second-order valence-corrected chi connectivity index (χ2v) is 4.55. The number of benzene rings is 1. The summed E-state index contributed by atoms with van der Waals surface area (Å²) in [7, 11) is 1.98. The van der Waals surface area contributed by atoms with E-state index in [1.807, 2.05) is 13.1 Å². The minimum Gasteiger partial charge on any atom is -0.319 e. The molecule has 1 nitrogen and oxygen atoms in total. The van der Waals surface area contributed by atoms with E-state index in [-0.39, 0.29) is 5.41 Å². The Hall–Kier alpha value is -1.08. The van der Waals surface area contributed by atoms with Crippen LogP contribution in [-0.4, -0.2) is 13.6 Å². The molecule has 1 heteroatoms. The molecule has 0 amide bonds. The fourth-order valence-electron chi connectivity index (χ4n) is 1.90. The van der Waals surface area contributed by atoms with E-state index >= 15 is 0 Å². The number of rotatable bonds is 5. The van der Waals surface area contributed by atoms with Crippen molar-refractivity contribution < 1.29 is 0 Å². The van der Waals surface area contributed by atoms with E-state index in [0.29, 0.717) is 0 Å². The van der Waals surface area contributed by atoms with Crippen molar-refractivity contribution in [2.24, 2.45) is 5.41 Å². The van der Waals surface area contributed by atoms with Crippen LogP contribution in [0.5, 0.6) is 0 Å². The Bertz CT molecular complexity index is 330. The van der Waals surface area contributed by atoms with Crippen LogP contribution in [0.4, 0.5) is 0 Å². The molecule has 0 saturated heterocycles. The lowest BCUT2D eigenvalue weighted by atomic mass is 9.83. The second kappa shape index (κ2) is 5.13. The first kappa shape index (κ1) is 12.0. The van der Waals surface area contributed by atoms with Crippen LogP contribution in [0.25, 0.3) is 0 Å². The van der Waals surface area contributed by atoms with Crippen molar-refractivity contribution in [1.29, 1.82) is 0 Å². The summed E-state index contributed by atoms with van der Waals surface area (Å²) in [6.07, 6.45) is 3.09. The first-order chi connectivity index (χ1) is 7.09. The van der Waals surface area contributed by atoms with Crippen molar-refractivity contribution in [2.75, 3.05) is 13.6 Å². The molecule has 1 atom stereocenters. The smallest absolute Gasteiger partial charge is 0.00400 e. The predicted molar refractivity (Wildman–Crippen MR) is 67.1 cm³/mol. The molecule has 1 unspecified atom stereocenters. The molecule has 15 heavy (non-hydrogen) atoms. The number of aryl methyl sites for hydroxylation is 1. The van der Waals surface area contributed by atoms with Crippen molar-refractivity contribution >= 4 is 0 Å². The van der Waals surface area contributed by atoms with Crippen LogP contribution in [0.3, 0.4) is 0 Å². The summed E-state index contributed by atoms with van der Waals surface area (Å²) in [5.74, 6) is 0. The maximum absolute atomic E-state index is 3.93. The first-order valence-corrected chi connectivity index (χ1v) is 5.43. The van der Waals surface area contributed by atoms with Gasteiger partial charge in [-0.25, -0.2) is 0 Å². The summed E-state index contributed by atoms with van der Waals surface area (Å²) < 4.78 is 0. The molecule has 0 saturated carbocycles. The lowest BCUT2D eigenvalue weighted by Crippen LogP contribution is -2.29. The third-order valence-electron chi connectivity index (χ3n) is 2.76. The first-order valence-electron chi connectivity index (χ1n) is 5.43. The standard InChI is InChI=1S/C14H21N/c1-5-14(3,11-15-4)10-13-8-6-7-12(2)9-13/h5-9,15H,1,10-11H2,2-4H3. The van der Waals surface area contributed by atoms with Crippen molar-refractivity contribution in [2.45, 2.75) is 20.3 Å². The Balaban J connectivity index is 2.78. The topological polar surface area (TPSA) is 12.0 Å². The second-order valence-electron chi connectivity index (χ2n) is 4.55. The highest BCUT2D eigenvalue weighted by atomic mass is 14.8. The van der Waals surface area contributed by atoms with Gasteiger partial charge in [0.1, 0.15) is 0 Å². The minimum absolute atomic E-state index is 0.141. The molecule has 1 N–H and O–H groups in total. The van der Waals surface area contributed by atoms with Gasteiger partial charge in [0.2, 0.25) is 0 Å². The molecule has 0 radical (unpaired) electrons. The summed E-state index contributed by atoms with van der Waals surface area (Å²) in [5, 5.41) is 3.22.